The molecule has 0 radical (unpaired) electrons. The van der Waals surface area contributed by atoms with Crippen LogP contribution in [0.15, 0.2) is 23.4 Å². The molecular weight excluding hydrogens is 467 g/mol. The summed E-state index contributed by atoms with van der Waals surface area (Å²) in [5.41, 5.74) is -1.12. The van der Waals surface area contributed by atoms with Crippen molar-refractivity contribution in [3.63, 3.8) is 0 Å². The SMILES string of the molecule is CC1=C(C(=O)N2CCc3c(cc(C(F)(F)F)c[n+]3[O-])C2)C2(CCN(C3CCOCC3)CC2)OC1=O. The number of hydrogen-bond donors (Lipinski definition) is 0. The van der Waals surface area contributed by atoms with E-state index in [-0.39, 0.29) is 41.1 Å². The van der Waals surface area contributed by atoms with Crippen molar-refractivity contribution in [2.75, 3.05) is 32.8 Å². The Labute approximate surface area is 200 Å². The van der Waals surface area contributed by atoms with Crippen molar-refractivity contribution in [3.8, 4) is 0 Å². The fraction of sp³-hybridized carbons (Fsp3) is 0.625. The van der Waals surface area contributed by atoms with E-state index in [4.69, 9.17) is 9.47 Å². The molecule has 0 saturated carbocycles. The zero-order chi connectivity index (χ0) is 25.0. The molecule has 35 heavy (non-hydrogen) atoms. The molecule has 0 bridgehead atoms. The van der Waals surface area contributed by atoms with Crippen molar-refractivity contribution >= 4 is 11.9 Å². The largest absolute Gasteiger partial charge is 0.618 e. The summed E-state index contributed by atoms with van der Waals surface area (Å²) in [7, 11) is 0. The number of rotatable bonds is 2. The van der Waals surface area contributed by atoms with Crippen LogP contribution in [0.25, 0.3) is 0 Å². The Balaban J connectivity index is 1.37. The zero-order valence-corrected chi connectivity index (χ0v) is 19.5. The van der Waals surface area contributed by atoms with Gasteiger partial charge in [-0.25, -0.2) is 4.79 Å². The van der Waals surface area contributed by atoms with E-state index < -0.39 is 29.2 Å². The van der Waals surface area contributed by atoms with Crippen LogP contribution in [0.2, 0.25) is 0 Å². The van der Waals surface area contributed by atoms with Crippen LogP contribution in [0.4, 0.5) is 13.2 Å². The lowest BCUT2D eigenvalue weighted by atomic mass is 9.81. The van der Waals surface area contributed by atoms with E-state index >= 15 is 0 Å². The van der Waals surface area contributed by atoms with Crippen molar-refractivity contribution in [3.05, 3.63) is 45.4 Å². The minimum Gasteiger partial charge on any atom is -0.618 e. The third kappa shape index (κ3) is 4.29. The van der Waals surface area contributed by atoms with E-state index in [1.165, 1.54) is 4.90 Å². The Hall–Kier alpha value is -2.66. The molecule has 0 unspecified atom stereocenters. The average molecular weight is 495 g/mol. The van der Waals surface area contributed by atoms with E-state index in [1.54, 1.807) is 6.92 Å². The highest BCUT2D eigenvalue weighted by Crippen LogP contribution is 2.43. The highest BCUT2D eigenvalue weighted by Gasteiger charge is 2.52. The number of pyridine rings is 1. The molecule has 1 aromatic rings. The van der Waals surface area contributed by atoms with Gasteiger partial charge in [-0.05, 0) is 25.8 Å². The van der Waals surface area contributed by atoms with E-state index in [2.05, 4.69) is 4.90 Å². The number of carbonyl (C=O) groups excluding carboxylic acids is 2. The topological polar surface area (TPSA) is 86.0 Å². The number of fused-ring (bicyclic) bond motifs is 1. The lowest BCUT2D eigenvalue weighted by Crippen LogP contribution is -2.53. The summed E-state index contributed by atoms with van der Waals surface area (Å²) in [4.78, 5) is 30.1. The molecule has 0 atom stereocenters. The van der Waals surface area contributed by atoms with Crippen LogP contribution in [0.3, 0.4) is 0 Å². The molecule has 5 rings (SSSR count). The minimum absolute atomic E-state index is 0.129. The molecule has 1 aromatic heterocycles. The number of nitrogens with zero attached hydrogens (tertiary/aromatic N) is 3. The lowest BCUT2D eigenvalue weighted by molar-refractivity contribution is -0.616. The Morgan fingerprint density at radius 1 is 1.20 bits per heavy atom. The summed E-state index contributed by atoms with van der Waals surface area (Å²) < 4.78 is 51.2. The summed E-state index contributed by atoms with van der Waals surface area (Å²) in [5.74, 6) is -0.935. The van der Waals surface area contributed by atoms with Crippen LogP contribution in [-0.4, -0.2) is 66.2 Å². The number of aromatic nitrogens is 1. The second kappa shape index (κ2) is 8.77. The Morgan fingerprint density at radius 3 is 2.54 bits per heavy atom. The maximum Gasteiger partial charge on any atom is 0.422 e. The highest BCUT2D eigenvalue weighted by atomic mass is 19.4. The van der Waals surface area contributed by atoms with Crippen LogP contribution >= 0.6 is 0 Å². The molecule has 2 fully saturated rings. The van der Waals surface area contributed by atoms with Crippen LogP contribution in [0.1, 0.15) is 49.4 Å². The van der Waals surface area contributed by atoms with E-state index in [0.717, 1.165) is 32.1 Å². The molecule has 1 spiro atoms. The van der Waals surface area contributed by atoms with Gasteiger partial charge in [0.25, 0.3) is 5.91 Å². The van der Waals surface area contributed by atoms with Crippen molar-refractivity contribution in [1.29, 1.82) is 0 Å². The van der Waals surface area contributed by atoms with Crippen LogP contribution in [-0.2, 0) is 38.2 Å². The molecule has 4 aliphatic heterocycles. The molecule has 8 nitrogen and oxygen atoms in total. The minimum atomic E-state index is -4.67. The van der Waals surface area contributed by atoms with Crippen LogP contribution in [0.5, 0.6) is 0 Å². The van der Waals surface area contributed by atoms with Gasteiger partial charge in [0.2, 0.25) is 0 Å². The van der Waals surface area contributed by atoms with Gasteiger partial charge in [0.1, 0.15) is 11.2 Å². The average Bonchev–Trinajstić information content (AvgIpc) is 3.07. The van der Waals surface area contributed by atoms with Gasteiger partial charge in [-0.3, -0.25) is 9.69 Å². The molecule has 1 amide bonds. The van der Waals surface area contributed by atoms with Gasteiger partial charge in [0.05, 0.1) is 18.5 Å². The van der Waals surface area contributed by atoms with Crippen molar-refractivity contribution in [2.45, 2.75) is 63.4 Å². The predicted octanol–water partition coefficient (Wildman–Crippen LogP) is 2.11. The number of esters is 1. The summed E-state index contributed by atoms with van der Waals surface area (Å²) in [6.45, 7) is 4.41. The van der Waals surface area contributed by atoms with Gasteiger partial charge >= 0.3 is 12.1 Å². The number of ether oxygens (including phenoxy) is 2. The predicted molar refractivity (Wildman–Crippen MR) is 116 cm³/mol. The molecule has 190 valence electrons. The highest BCUT2D eigenvalue weighted by molar-refractivity contribution is 6.07. The normalized spacial score (nSPS) is 23.5. The van der Waals surface area contributed by atoms with E-state index in [9.17, 15) is 28.0 Å². The number of hydrogen-bond acceptors (Lipinski definition) is 6. The molecule has 2 saturated heterocycles. The smallest absolute Gasteiger partial charge is 0.422 e. The fourth-order valence-corrected chi connectivity index (χ4v) is 5.83. The summed E-state index contributed by atoms with van der Waals surface area (Å²) in [6, 6.07) is 1.34. The first kappa shape index (κ1) is 24.1. The monoisotopic (exact) mass is 495 g/mol. The summed E-state index contributed by atoms with van der Waals surface area (Å²) >= 11 is 0. The third-order valence-electron chi connectivity index (χ3n) is 7.77. The number of alkyl halides is 3. The standard InChI is InChI=1S/C24H28F3N3O5/c1-15-20(23(35-22(15)32)5-8-28(9-6-23)18-3-10-34-11-4-18)21(31)29-7-2-19-16(13-29)12-17(14-30(19)33)24(25,26)27/h12,14,18H,2-11,13H2,1H3. The maximum absolute atomic E-state index is 13.7. The number of amides is 1. The number of halogens is 3. The van der Waals surface area contributed by atoms with Crippen molar-refractivity contribution in [1.82, 2.24) is 9.80 Å². The summed E-state index contributed by atoms with van der Waals surface area (Å²) in [5, 5.41) is 12.2. The molecule has 4 aliphatic rings. The fourth-order valence-electron chi connectivity index (χ4n) is 5.83. The van der Waals surface area contributed by atoms with Crippen molar-refractivity contribution in [2.24, 2.45) is 0 Å². The van der Waals surface area contributed by atoms with E-state index in [1.807, 2.05) is 0 Å². The molecule has 11 heteroatoms. The van der Waals surface area contributed by atoms with Gasteiger partial charge in [-0.15, -0.1) is 0 Å². The lowest BCUT2D eigenvalue weighted by Gasteiger charge is -2.44. The third-order valence-corrected chi connectivity index (χ3v) is 7.77. The Kier molecular flexibility index (Phi) is 6.03. The maximum atomic E-state index is 13.7. The van der Waals surface area contributed by atoms with Gasteiger partial charge in [-0.1, -0.05) is 0 Å². The first-order valence-electron chi connectivity index (χ1n) is 12.0. The molecule has 0 aliphatic carbocycles. The van der Waals surface area contributed by atoms with Gasteiger partial charge in [0.15, 0.2) is 11.9 Å². The summed E-state index contributed by atoms with van der Waals surface area (Å²) in [6.07, 6.45) is -1.14. The van der Waals surface area contributed by atoms with E-state index in [0.29, 0.717) is 43.7 Å². The molecule has 5 heterocycles. The first-order valence-corrected chi connectivity index (χ1v) is 12.0. The van der Waals surface area contributed by atoms with Crippen molar-refractivity contribution < 1.29 is 37.0 Å². The van der Waals surface area contributed by atoms with Gasteiger partial charge < -0.3 is 19.6 Å². The van der Waals surface area contributed by atoms with Crippen LogP contribution in [0, 0.1) is 5.21 Å². The number of piperidine rings is 1. The zero-order valence-electron chi connectivity index (χ0n) is 19.5. The molecule has 0 aromatic carbocycles. The van der Waals surface area contributed by atoms with Crippen LogP contribution < -0.4 is 4.73 Å². The molecule has 0 N–H and O–H groups in total. The van der Waals surface area contributed by atoms with Gasteiger partial charge in [-0.2, -0.15) is 17.9 Å². The Morgan fingerprint density at radius 2 is 1.89 bits per heavy atom. The number of carbonyl (C=O) groups is 2. The quantitative estimate of drug-likeness (QED) is 0.355. The number of likely N-dealkylation sites (tertiary alicyclic amines) is 1. The molecular formula is C24H28F3N3O5. The van der Waals surface area contributed by atoms with Gasteiger partial charge in [0, 0.05) is 62.9 Å². The first-order chi connectivity index (χ1) is 16.6. The second-order valence-electron chi connectivity index (χ2n) is 9.76. The second-order valence-corrected chi connectivity index (χ2v) is 9.76. The Bertz CT molecular complexity index is 1070.